The van der Waals surface area contributed by atoms with Crippen molar-refractivity contribution in [3.8, 4) is 0 Å². The van der Waals surface area contributed by atoms with Gasteiger partial charge in [0.05, 0.1) is 11.7 Å². The fraction of sp³-hybridized carbons (Fsp3) is 0.320. The summed E-state index contributed by atoms with van der Waals surface area (Å²) in [5.41, 5.74) is 2.63. The molecule has 3 aromatic rings. The molecule has 0 saturated heterocycles. The summed E-state index contributed by atoms with van der Waals surface area (Å²) in [5, 5.41) is 17.3. The Morgan fingerprint density at radius 3 is 2.31 bits per heavy atom. The van der Waals surface area contributed by atoms with Crippen molar-refractivity contribution in [2.45, 2.75) is 50.6 Å². The maximum absolute atomic E-state index is 12.7. The van der Waals surface area contributed by atoms with Crippen molar-refractivity contribution in [1.82, 2.24) is 20.1 Å². The molecule has 0 spiro atoms. The maximum atomic E-state index is 12.7. The van der Waals surface area contributed by atoms with Crippen molar-refractivity contribution in [3.05, 3.63) is 64.4 Å². The molecule has 0 bridgehead atoms. The lowest BCUT2D eigenvalue weighted by Gasteiger charge is -2.12. The largest absolute Gasteiger partial charge is 0.350 e. The van der Waals surface area contributed by atoms with E-state index in [0.717, 1.165) is 5.56 Å². The van der Waals surface area contributed by atoms with Crippen LogP contribution in [0.15, 0.2) is 47.6 Å². The summed E-state index contributed by atoms with van der Waals surface area (Å²) in [6.07, 6.45) is 0.0207. The summed E-state index contributed by atoms with van der Waals surface area (Å²) < 4.78 is 1.69. The fourth-order valence-corrected chi connectivity index (χ4v) is 4.14. The number of hydrogen-bond acceptors (Lipinski definition) is 6. The third-order valence-corrected chi connectivity index (χ3v) is 6.73. The lowest BCUT2D eigenvalue weighted by atomic mass is 10.2. The second kappa shape index (κ2) is 12.0. The van der Waals surface area contributed by atoms with Gasteiger partial charge in [0.25, 0.3) is 5.91 Å². The van der Waals surface area contributed by atoms with Gasteiger partial charge >= 0.3 is 0 Å². The van der Waals surface area contributed by atoms with Crippen molar-refractivity contribution in [1.29, 1.82) is 0 Å². The Labute approximate surface area is 219 Å². The highest BCUT2D eigenvalue weighted by molar-refractivity contribution is 8.00. The highest BCUT2D eigenvalue weighted by atomic mass is 35.5. The molecule has 2 aromatic carbocycles. The third kappa shape index (κ3) is 7.32. The van der Waals surface area contributed by atoms with Crippen LogP contribution in [0.2, 0.25) is 5.02 Å². The van der Waals surface area contributed by atoms with Crippen LogP contribution >= 0.6 is 23.4 Å². The standard InChI is InChI=1S/C25H29ClN6O3S/c1-14(2)27-24(35)17-7-10-18(11-8-17)29-23(34)16(4)36-25-31-30-21(32(25)5)13-22(33)28-19-9-6-15(3)20(26)12-19/h6-12,14,16H,13H2,1-5H3,(H,27,35)(H,28,33)(H,29,34). The number of amides is 3. The number of benzene rings is 2. The van der Waals surface area contributed by atoms with E-state index < -0.39 is 5.25 Å². The zero-order valence-electron chi connectivity index (χ0n) is 20.8. The number of rotatable bonds is 9. The summed E-state index contributed by atoms with van der Waals surface area (Å²) >= 11 is 7.35. The average Bonchev–Trinajstić information content (AvgIpc) is 3.15. The smallest absolute Gasteiger partial charge is 0.251 e. The molecule has 3 rings (SSSR count). The molecule has 190 valence electrons. The number of carbonyl (C=O) groups is 3. The van der Waals surface area contributed by atoms with E-state index in [4.69, 9.17) is 11.6 Å². The summed E-state index contributed by atoms with van der Waals surface area (Å²) in [6.45, 7) is 7.43. The van der Waals surface area contributed by atoms with Crippen molar-refractivity contribution in [3.63, 3.8) is 0 Å². The highest BCUT2D eigenvalue weighted by Gasteiger charge is 2.20. The van der Waals surface area contributed by atoms with E-state index in [0.29, 0.717) is 32.9 Å². The lowest BCUT2D eigenvalue weighted by molar-refractivity contribution is -0.116. The Morgan fingerprint density at radius 2 is 1.67 bits per heavy atom. The molecule has 1 heterocycles. The predicted molar refractivity (Wildman–Crippen MR) is 143 cm³/mol. The van der Waals surface area contributed by atoms with E-state index in [9.17, 15) is 14.4 Å². The van der Waals surface area contributed by atoms with Crippen LogP contribution in [0.5, 0.6) is 0 Å². The van der Waals surface area contributed by atoms with Gasteiger partial charge in [-0.1, -0.05) is 29.4 Å². The number of anilines is 2. The first-order valence-electron chi connectivity index (χ1n) is 11.4. The molecule has 0 aliphatic carbocycles. The van der Waals surface area contributed by atoms with Gasteiger partial charge < -0.3 is 20.5 Å². The van der Waals surface area contributed by atoms with Gasteiger partial charge in [-0.3, -0.25) is 14.4 Å². The van der Waals surface area contributed by atoms with Gasteiger partial charge in [-0.15, -0.1) is 10.2 Å². The van der Waals surface area contributed by atoms with Gasteiger partial charge in [-0.2, -0.15) is 0 Å². The molecular weight excluding hydrogens is 500 g/mol. The Balaban J connectivity index is 1.55. The molecule has 0 fully saturated rings. The maximum Gasteiger partial charge on any atom is 0.251 e. The number of nitrogens with zero attached hydrogens (tertiary/aromatic N) is 3. The minimum absolute atomic E-state index is 0.0207. The predicted octanol–water partition coefficient (Wildman–Crippen LogP) is 4.22. The molecule has 1 aromatic heterocycles. The summed E-state index contributed by atoms with van der Waals surface area (Å²) in [5.74, 6) is -0.173. The number of halogens is 1. The molecule has 0 saturated carbocycles. The number of carbonyl (C=O) groups excluding carboxylic acids is 3. The van der Waals surface area contributed by atoms with Gasteiger partial charge in [-0.05, 0) is 69.7 Å². The molecule has 3 amide bonds. The molecule has 0 aliphatic heterocycles. The summed E-state index contributed by atoms with van der Waals surface area (Å²) in [6, 6.07) is 12.0. The van der Waals surface area contributed by atoms with E-state index in [1.165, 1.54) is 11.8 Å². The lowest BCUT2D eigenvalue weighted by Crippen LogP contribution is -2.30. The van der Waals surface area contributed by atoms with Crippen LogP contribution in [-0.4, -0.2) is 43.8 Å². The minimum atomic E-state index is -0.479. The van der Waals surface area contributed by atoms with Gasteiger partial charge in [0.1, 0.15) is 5.82 Å². The normalized spacial score (nSPS) is 11.8. The number of aryl methyl sites for hydroxylation is 1. The van der Waals surface area contributed by atoms with Crippen molar-refractivity contribution < 1.29 is 14.4 Å². The topological polar surface area (TPSA) is 118 Å². The molecule has 9 nitrogen and oxygen atoms in total. The third-order valence-electron chi connectivity index (χ3n) is 5.19. The first kappa shape index (κ1) is 27.2. The number of nitrogens with one attached hydrogen (secondary N) is 3. The Morgan fingerprint density at radius 1 is 1.00 bits per heavy atom. The summed E-state index contributed by atoms with van der Waals surface area (Å²) in [7, 11) is 1.75. The second-order valence-electron chi connectivity index (χ2n) is 8.60. The second-order valence-corrected chi connectivity index (χ2v) is 10.3. The van der Waals surface area contributed by atoms with E-state index in [-0.39, 0.29) is 30.2 Å². The Hall–Kier alpha value is -3.37. The first-order chi connectivity index (χ1) is 17.0. The van der Waals surface area contributed by atoms with Crippen LogP contribution in [0.1, 0.15) is 42.5 Å². The molecule has 0 radical (unpaired) electrons. The molecule has 36 heavy (non-hydrogen) atoms. The van der Waals surface area contributed by atoms with Crippen LogP contribution in [0.3, 0.4) is 0 Å². The van der Waals surface area contributed by atoms with E-state index in [1.807, 2.05) is 26.8 Å². The monoisotopic (exact) mass is 528 g/mol. The van der Waals surface area contributed by atoms with Crippen molar-refractivity contribution in [2.24, 2.45) is 7.05 Å². The molecule has 11 heteroatoms. The summed E-state index contributed by atoms with van der Waals surface area (Å²) in [4.78, 5) is 37.2. The molecule has 3 N–H and O–H groups in total. The number of aromatic nitrogens is 3. The minimum Gasteiger partial charge on any atom is -0.350 e. The van der Waals surface area contributed by atoms with Crippen molar-refractivity contribution in [2.75, 3.05) is 10.6 Å². The van der Waals surface area contributed by atoms with Crippen LogP contribution in [0.25, 0.3) is 0 Å². The highest BCUT2D eigenvalue weighted by Crippen LogP contribution is 2.24. The van der Waals surface area contributed by atoms with Crippen LogP contribution in [0.4, 0.5) is 11.4 Å². The van der Waals surface area contributed by atoms with Crippen LogP contribution in [0, 0.1) is 6.92 Å². The zero-order valence-corrected chi connectivity index (χ0v) is 22.3. The van der Waals surface area contributed by atoms with Gasteiger partial charge in [-0.25, -0.2) is 0 Å². The zero-order chi connectivity index (χ0) is 26.4. The van der Waals surface area contributed by atoms with Gasteiger partial charge in [0.15, 0.2) is 5.16 Å². The molecular formula is C25H29ClN6O3S. The molecule has 1 atom stereocenters. The first-order valence-corrected chi connectivity index (χ1v) is 12.6. The van der Waals surface area contributed by atoms with Gasteiger partial charge in [0, 0.05) is 35.1 Å². The molecule has 1 unspecified atom stereocenters. The number of thioether (sulfide) groups is 1. The number of hydrogen-bond donors (Lipinski definition) is 3. The Bertz CT molecular complexity index is 1260. The van der Waals surface area contributed by atoms with Gasteiger partial charge in [0.2, 0.25) is 11.8 Å². The van der Waals surface area contributed by atoms with Crippen LogP contribution < -0.4 is 16.0 Å². The SMILES string of the molecule is Cc1ccc(NC(=O)Cc2nnc(SC(C)C(=O)Nc3ccc(C(=O)NC(C)C)cc3)n2C)cc1Cl. The average molecular weight is 529 g/mol. The Kier molecular flexibility index (Phi) is 9.11. The van der Waals surface area contributed by atoms with E-state index in [2.05, 4.69) is 26.1 Å². The van der Waals surface area contributed by atoms with Crippen molar-refractivity contribution >= 4 is 52.5 Å². The van der Waals surface area contributed by atoms with Crippen LogP contribution in [-0.2, 0) is 23.1 Å². The molecule has 0 aliphatic rings. The quantitative estimate of drug-likeness (QED) is 0.358. The fourth-order valence-electron chi connectivity index (χ4n) is 3.13. The van der Waals surface area contributed by atoms with E-state index in [1.54, 1.807) is 54.9 Å². The van der Waals surface area contributed by atoms with E-state index >= 15 is 0 Å².